The van der Waals surface area contributed by atoms with Crippen LogP contribution in [0, 0.1) is 0 Å². The Balaban J connectivity index is 0.952. The zero-order chi connectivity index (χ0) is 53.2. The quantitative estimate of drug-likeness (QED) is 0.0582. The normalized spacial score (nSPS) is 11.1. The van der Waals surface area contributed by atoms with Crippen LogP contribution in [0.5, 0.6) is 34.5 Å². The predicted molar refractivity (Wildman–Crippen MR) is 294 cm³/mol. The SMILES string of the molecule is COc1ccc(-c2cccc(-c3ccc(OCC(N)(COc4ccc(-c5cccc(-c6ccc(OC)cc6)c5C(=O)O)cc4)COc4ccc(-c5cccc(-c6ccc(OC)cc6)c5C(=O)O)cc4)cc3)c2C=O)cc1. The molecule has 9 rings (SSSR count). The van der Waals surface area contributed by atoms with Gasteiger partial charge >= 0.3 is 11.9 Å². The van der Waals surface area contributed by atoms with Crippen molar-refractivity contribution < 1.29 is 53.0 Å². The van der Waals surface area contributed by atoms with Crippen molar-refractivity contribution in [1.82, 2.24) is 0 Å². The molecular weight excluding hydrogens is 959 g/mol. The van der Waals surface area contributed by atoms with Crippen LogP contribution in [0.2, 0.25) is 0 Å². The first kappa shape index (κ1) is 51.3. The van der Waals surface area contributed by atoms with Gasteiger partial charge in [0.05, 0.1) is 32.5 Å². The van der Waals surface area contributed by atoms with Crippen molar-refractivity contribution in [3.05, 3.63) is 217 Å². The van der Waals surface area contributed by atoms with Crippen molar-refractivity contribution in [2.24, 2.45) is 5.73 Å². The van der Waals surface area contributed by atoms with Gasteiger partial charge in [-0.1, -0.05) is 127 Å². The Labute approximate surface area is 440 Å². The summed E-state index contributed by atoms with van der Waals surface area (Å²) in [5.74, 6) is 1.39. The molecule has 0 aromatic heterocycles. The van der Waals surface area contributed by atoms with Crippen molar-refractivity contribution in [1.29, 1.82) is 0 Å². The summed E-state index contributed by atoms with van der Waals surface area (Å²) in [6.07, 6.45) is 0.868. The standard InChI is InChI=1S/C64H53NO11/c1-71-47-25-13-41(14-26-47)53-7-4-8-54(59(53)37-66)42-19-31-50(32-20-42)74-38-64(65,39-75-51-33-21-45(22-34-51)57-11-5-9-55(60(57)62(67)68)43-15-27-48(72-2)28-16-43)40-76-52-35-23-46(24-36-52)58-12-6-10-56(61(58)63(69)70)44-17-29-49(73-3)30-18-44/h4-37H,38-40,65H2,1-3H3,(H,67,68)(H,69,70). The number of aromatic carboxylic acids is 2. The minimum Gasteiger partial charge on any atom is -0.497 e. The van der Waals surface area contributed by atoms with E-state index in [4.69, 9.17) is 34.2 Å². The Bertz CT molecular complexity index is 3330. The lowest BCUT2D eigenvalue weighted by Gasteiger charge is -2.29. The molecular formula is C64H53NO11. The Morgan fingerprint density at radius 3 is 0.829 bits per heavy atom. The van der Waals surface area contributed by atoms with Gasteiger partial charge in [-0.05, 0) is 140 Å². The maximum atomic E-state index is 12.8. The van der Waals surface area contributed by atoms with Gasteiger partial charge < -0.3 is 44.4 Å². The van der Waals surface area contributed by atoms with E-state index in [9.17, 15) is 24.6 Å². The number of carboxylic acid groups (broad SMARTS) is 2. The second-order valence-electron chi connectivity index (χ2n) is 17.9. The zero-order valence-electron chi connectivity index (χ0n) is 41.9. The first-order valence-corrected chi connectivity index (χ1v) is 24.2. The number of carbonyl (C=O) groups is 3. The van der Waals surface area contributed by atoms with Gasteiger partial charge in [0.15, 0.2) is 6.29 Å². The van der Waals surface area contributed by atoms with Gasteiger partial charge in [-0.3, -0.25) is 4.79 Å². The van der Waals surface area contributed by atoms with Crippen LogP contribution in [0.1, 0.15) is 31.1 Å². The molecule has 0 radical (unpaired) electrons. The van der Waals surface area contributed by atoms with Crippen molar-refractivity contribution in [3.63, 3.8) is 0 Å². The number of methoxy groups -OCH3 is 3. The summed E-state index contributed by atoms with van der Waals surface area (Å²) in [6, 6.07) is 60.1. The summed E-state index contributed by atoms with van der Waals surface area (Å²) in [5.41, 5.74) is 15.1. The Kier molecular flexibility index (Phi) is 15.5. The average Bonchev–Trinajstić information content (AvgIpc) is 3.48. The maximum absolute atomic E-state index is 12.8. The van der Waals surface area contributed by atoms with E-state index in [1.54, 1.807) is 118 Å². The van der Waals surface area contributed by atoms with E-state index < -0.39 is 17.5 Å². The van der Waals surface area contributed by atoms with Gasteiger partial charge in [-0.15, -0.1) is 0 Å². The molecule has 12 heteroatoms. The van der Waals surface area contributed by atoms with Crippen LogP contribution in [0.15, 0.2) is 200 Å². The molecule has 9 aromatic rings. The number of carbonyl (C=O) groups excluding carboxylic acids is 1. The first-order chi connectivity index (χ1) is 37.0. The highest BCUT2D eigenvalue weighted by atomic mass is 16.5. The highest BCUT2D eigenvalue weighted by Crippen LogP contribution is 2.37. The van der Waals surface area contributed by atoms with Crippen molar-refractivity contribution >= 4 is 18.2 Å². The smallest absolute Gasteiger partial charge is 0.336 e. The molecule has 0 unspecified atom stereocenters. The molecule has 0 amide bonds. The van der Waals surface area contributed by atoms with Crippen LogP contribution in [-0.2, 0) is 0 Å². The lowest BCUT2D eigenvalue weighted by molar-refractivity contribution is 0.0687. The van der Waals surface area contributed by atoms with Gasteiger partial charge in [0, 0.05) is 5.56 Å². The number of carboxylic acids is 2. The lowest BCUT2D eigenvalue weighted by Crippen LogP contribution is -2.55. The molecule has 76 heavy (non-hydrogen) atoms. The molecule has 0 aliphatic rings. The highest BCUT2D eigenvalue weighted by molar-refractivity contribution is 6.04. The molecule has 0 bridgehead atoms. The zero-order valence-corrected chi connectivity index (χ0v) is 41.9. The van der Waals surface area contributed by atoms with Crippen LogP contribution in [-0.4, -0.2) is 75.1 Å². The molecule has 4 N–H and O–H groups in total. The molecule has 9 aromatic carbocycles. The van der Waals surface area contributed by atoms with E-state index >= 15 is 0 Å². The summed E-state index contributed by atoms with van der Waals surface area (Å²) >= 11 is 0. The first-order valence-electron chi connectivity index (χ1n) is 24.2. The molecule has 0 aliphatic heterocycles. The van der Waals surface area contributed by atoms with E-state index in [1.165, 1.54) is 0 Å². The maximum Gasteiger partial charge on any atom is 0.336 e. The van der Waals surface area contributed by atoms with E-state index in [-0.39, 0.29) is 30.9 Å². The molecule has 0 aliphatic carbocycles. The third-order valence-electron chi connectivity index (χ3n) is 13.1. The second-order valence-corrected chi connectivity index (χ2v) is 17.9. The van der Waals surface area contributed by atoms with Crippen molar-refractivity contribution in [3.8, 4) is 101 Å². The number of aldehydes is 1. The fourth-order valence-electron chi connectivity index (χ4n) is 9.03. The van der Waals surface area contributed by atoms with E-state index in [2.05, 4.69) is 0 Å². The Morgan fingerprint density at radius 2 is 0.605 bits per heavy atom. The number of hydrogen-bond acceptors (Lipinski definition) is 10. The lowest BCUT2D eigenvalue weighted by atomic mass is 9.92. The van der Waals surface area contributed by atoms with Gasteiger partial charge in [0.2, 0.25) is 0 Å². The average molecular weight is 1010 g/mol. The molecule has 0 fully saturated rings. The third kappa shape index (κ3) is 11.4. The summed E-state index contributed by atoms with van der Waals surface area (Å²) < 4.78 is 35.0. The minimum absolute atomic E-state index is 0.0463. The van der Waals surface area contributed by atoms with Gasteiger partial charge in [0.25, 0.3) is 0 Å². The summed E-state index contributed by atoms with van der Waals surface area (Å²) in [5, 5.41) is 20.9. The second kappa shape index (κ2) is 23.1. The molecule has 12 nitrogen and oxygen atoms in total. The molecule has 0 spiro atoms. The van der Waals surface area contributed by atoms with Crippen LogP contribution in [0.3, 0.4) is 0 Å². The summed E-state index contributed by atoms with van der Waals surface area (Å²) in [6.45, 7) is -0.164. The van der Waals surface area contributed by atoms with Gasteiger partial charge in [-0.2, -0.15) is 0 Å². The van der Waals surface area contributed by atoms with Crippen LogP contribution in [0.25, 0.3) is 66.8 Å². The molecule has 0 saturated carbocycles. The van der Waals surface area contributed by atoms with Crippen molar-refractivity contribution in [2.75, 3.05) is 41.2 Å². The van der Waals surface area contributed by atoms with E-state index in [0.29, 0.717) is 73.4 Å². The number of rotatable bonds is 21. The monoisotopic (exact) mass is 1010 g/mol. The van der Waals surface area contributed by atoms with E-state index in [1.807, 2.05) is 103 Å². The van der Waals surface area contributed by atoms with Crippen LogP contribution >= 0.6 is 0 Å². The molecule has 380 valence electrons. The fraction of sp³-hybridized carbons (Fsp3) is 0.109. The summed E-state index contributed by atoms with van der Waals surface area (Å²) in [4.78, 5) is 38.1. The highest BCUT2D eigenvalue weighted by Gasteiger charge is 2.30. The van der Waals surface area contributed by atoms with E-state index in [0.717, 1.165) is 39.7 Å². The number of hydrogen-bond donors (Lipinski definition) is 3. The predicted octanol–water partition coefficient (Wildman–Crippen LogP) is 13.2. The largest absolute Gasteiger partial charge is 0.497 e. The number of nitrogens with two attached hydrogens (primary N) is 1. The molecule has 0 heterocycles. The Hall–Kier alpha value is -9.65. The summed E-state index contributed by atoms with van der Waals surface area (Å²) in [7, 11) is 4.76. The fourth-order valence-corrected chi connectivity index (χ4v) is 9.03. The molecule has 0 saturated heterocycles. The topological polar surface area (TPSA) is 173 Å². The van der Waals surface area contributed by atoms with Crippen LogP contribution < -0.4 is 34.2 Å². The number of benzene rings is 9. The van der Waals surface area contributed by atoms with Gasteiger partial charge in [0.1, 0.15) is 59.9 Å². The van der Waals surface area contributed by atoms with Crippen molar-refractivity contribution in [2.45, 2.75) is 5.54 Å². The molecule has 0 atom stereocenters. The Morgan fingerprint density at radius 1 is 0.382 bits per heavy atom. The number of ether oxygens (including phenoxy) is 6. The minimum atomic E-state index is -1.25. The van der Waals surface area contributed by atoms with Gasteiger partial charge in [-0.25, -0.2) is 9.59 Å². The van der Waals surface area contributed by atoms with Crippen LogP contribution in [0.4, 0.5) is 0 Å². The third-order valence-corrected chi connectivity index (χ3v) is 13.1.